The zero-order valence-electron chi connectivity index (χ0n) is 25.9. The summed E-state index contributed by atoms with van der Waals surface area (Å²) in [5, 5.41) is 8.96. The molecule has 1 aromatic heterocycles. The molecular formula is C34H56N4O4. The summed E-state index contributed by atoms with van der Waals surface area (Å²) in [6.45, 7) is 4.81. The van der Waals surface area contributed by atoms with Crippen molar-refractivity contribution >= 4 is 0 Å². The summed E-state index contributed by atoms with van der Waals surface area (Å²) in [6.07, 6.45) is 21.2. The van der Waals surface area contributed by atoms with Crippen LogP contribution in [0.1, 0.15) is 120 Å². The van der Waals surface area contributed by atoms with E-state index in [9.17, 15) is 0 Å². The van der Waals surface area contributed by atoms with Gasteiger partial charge in [-0.05, 0) is 102 Å². The monoisotopic (exact) mass is 584 g/mol. The molecule has 0 bridgehead atoms. The molecule has 4 atom stereocenters. The molecule has 42 heavy (non-hydrogen) atoms. The molecule has 2 saturated heterocycles. The van der Waals surface area contributed by atoms with Crippen LogP contribution in [0.25, 0.3) is 0 Å². The summed E-state index contributed by atoms with van der Waals surface area (Å²) in [7, 11) is 0. The Bertz CT molecular complexity index is 943. The topological polar surface area (TPSA) is 93.7 Å². The molecule has 0 aliphatic carbocycles. The van der Waals surface area contributed by atoms with E-state index in [0.29, 0.717) is 18.8 Å². The highest BCUT2D eigenvalue weighted by Crippen LogP contribution is 2.32. The maximum absolute atomic E-state index is 6.47. The van der Waals surface area contributed by atoms with Crippen LogP contribution in [0.15, 0.2) is 36.5 Å². The first-order valence-corrected chi connectivity index (χ1v) is 16.9. The molecule has 0 spiro atoms. The van der Waals surface area contributed by atoms with Gasteiger partial charge in [-0.15, -0.1) is 5.10 Å². The molecule has 2 aliphatic heterocycles. The van der Waals surface area contributed by atoms with Gasteiger partial charge in [0.1, 0.15) is 11.8 Å². The van der Waals surface area contributed by atoms with Crippen LogP contribution in [-0.4, -0.2) is 59.7 Å². The van der Waals surface area contributed by atoms with Gasteiger partial charge in [-0.1, -0.05) is 48.4 Å². The molecule has 4 rings (SSSR count). The van der Waals surface area contributed by atoms with Gasteiger partial charge in [0.15, 0.2) is 0 Å². The van der Waals surface area contributed by atoms with Crippen LogP contribution in [0.4, 0.5) is 0 Å². The number of ether oxygens (including phenoxy) is 4. The molecular weight excluding hydrogens is 528 g/mol. The number of nitrogens with zero attached hydrogens (tertiary/aromatic N) is 3. The number of hydrogen-bond acceptors (Lipinski definition) is 7. The highest BCUT2D eigenvalue weighted by Gasteiger charge is 2.27. The van der Waals surface area contributed by atoms with Crippen LogP contribution in [0.5, 0.6) is 0 Å². The number of benzene rings is 1. The van der Waals surface area contributed by atoms with Gasteiger partial charge in [0, 0.05) is 19.8 Å². The van der Waals surface area contributed by atoms with Crippen LogP contribution in [0, 0.1) is 0 Å². The van der Waals surface area contributed by atoms with Gasteiger partial charge >= 0.3 is 0 Å². The summed E-state index contributed by atoms with van der Waals surface area (Å²) >= 11 is 0. The molecule has 2 aromatic rings. The number of rotatable bonds is 21. The first-order valence-electron chi connectivity index (χ1n) is 16.9. The third-order valence-electron chi connectivity index (χ3n) is 8.55. The Morgan fingerprint density at radius 1 is 0.738 bits per heavy atom. The molecule has 0 unspecified atom stereocenters. The average Bonchev–Trinajstić information content (AvgIpc) is 3.49. The lowest BCUT2D eigenvalue weighted by Gasteiger charge is -2.30. The van der Waals surface area contributed by atoms with Crippen molar-refractivity contribution in [3.05, 3.63) is 47.8 Å². The first-order chi connectivity index (χ1) is 20.8. The lowest BCUT2D eigenvalue weighted by atomic mass is 9.99. The third kappa shape index (κ3) is 12.8. The number of hydrogen-bond donors (Lipinski definition) is 1. The van der Waals surface area contributed by atoms with Gasteiger partial charge in [0.05, 0.1) is 37.7 Å². The second-order valence-electron chi connectivity index (χ2n) is 12.2. The minimum Gasteiger partial charge on any atom is -0.381 e. The van der Waals surface area contributed by atoms with Crippen LogP contribution in [0.2, 0.25) is 0 Å². The van der Waals surface area contributed by atoms with E-state index in [-0.39, 0.29) is 12.2 Å². The zero-order chi connectivity index (χ0) is 29.1. The van der Waals surface area contributed by atoms with Gasteiger partial charge in [0.25, 0.3) is 0 Å². The van der Waals surface area contributed by atoms with Crippen molar-refractivity contribution in [2.24, 2.45) is 5.73 Å². The third-order valence-corrected chi connectivity index (χ3v) is 8.55. The molecule has 0 radical (unpaired) electrons. The highest BCUT2D eigenvalue weighted by molar-refractivity contribution is 5.13. The quantitative estimate of drug-likeness (QED) is 0.159. The van der Waals surface area contributed by atoms with Crippen LogP contribution in [-0.2, 0) is 32.1 Å². The van der Waals surface area contributed by atoms with E-state index in [1.54, 1.807) is 0 Å². The maximum atomic E-state index is 6.47. The fraction of sp³-hybridized carbons (Fsp3) is 0.765. The van der Waals surface area contributed by atoms with Crippen molar-refractivity contribution in [1.82, 2.24) is 15.0 Å². The summed E-state index contributed by atoms with van der Waals surface area (Å²) in [6, 6.07) is 10.4. The molecule has 1 aromatic carbocycles. The van der Waals surface area contributed by atoms with E-state index in [2.05, 4.69) is 40.8 Å². The van der Waals surface area contributed by atoms with Crippen molar-refractivity contribution in [2.75, 3.05) is 26.4 Å². The van der Waals surface area contributed by atoms with Crippen molar-refractivity contribution in [3.63, 3.8) is 0 Å². The summed E-state index contributed by atoms with van der Waals surface area (Å²) in [5.41, 5.74) is 7.75. The molecule has 0 amide bonds. The Morgan fingerprint density at radius 2 is 1.40 bits per heavy atom. The second kappa shape index (κ2) is 20.2. The van der Waals surface area contributed by atoms with Crippen LogP contribution < -0.4 is 5.73 Å². The Kier molecular flexibility index (Phi) is 15.9. The SMILES string of the molecule is NCCCCCCOCCCC[C@H]1CCC[C@@H](Cn2cc([C@@H]3CCC[C@H](CCCCOCc4ccccc4)O3)nn2)O1. The van der Waals surface area contributed by atoms with E-state index in [1.807, 2.05) is 10.7 Å². The molecule has 3 heterocycles. The van der Waals surface area contributed by atoms with Gasteiger partial charge in [-0.2, -0.15) is 0 Å². The van der Waals surface area contributed by atoms with Gasteiger partial charge in [0.2, 0.25) is 0 Å². The zero-order valence-corrected chi connectivity index (χ0v) is 25.9. The molecule has 2 fully saturated rings. The van der Waals surface area contributed by atoms with E-state index in [0.717, 1.165) is 109 Å². The van der Waals surface area contributed by atoms with Crippen molar-refractivity contribution in [1.29, 1.82) is 0 Å². The largest absolute Gasteiger partial charge is 0.381 e. The molecule has 236 valence electrons. The Labute approximate surface area is 254 Å². The summed E-state index contributed by atoms with van der Waals surface area (Å²) < 4.78 is 26.5. The van der Waals surface area contributed by atoms with Gasteiger partial charge < -0.3 is 24.7 Å². The number of unbranched alkanes of at least 4 members (excludes halogenated alkanes) is 5. The molecule has 8 heteroatoms. The number of aromatic nitrogens is 3. The molecule has 0 saturated carbocycles. The second-order valence-corrected chi connectivity index (χ2v) is 12.2. The van der Waals surface area contributed by atoms with Crippen molar-refractivity contribution < 1.29 is 18.9 Å². The van der Waals surface area contributed by atoms with Gasteiger partial charge in [-0.25, -0.2) is 4.68 Å². The molecule has 2 aliphatic rings. The normalized spacial score (nSPS) is 22.9. The van der Waals surface area contributed by atoms with Gasteiger partial charge in [-0.3, -0.25) is 0 Å². The van der Waals surface area contributed by atoms with E-state index in [4.69, 9.17) is 24.7 Å². The van der Waals surface area contributed by atoms with E-state index in [1.165, 1.54) is 37.7 Å². The van der Waals surface area contributed by atoms with E-state index >= 15 is 0 Å². The van der Waals surface area contributed by atoms with Crippen LogP contribution in [0.3, 0.4) is 0 Å². The van der Waals surface area contributed by atoms with Crippen LogP contribution >= 0.6 is 0 Å². The molecule has 8 nitrogen and oxygen atoms in total. The Morgan fingerprint density at radius 3 is 2.19 bits per heavy atom. The highest BCUT2D eigenvalue weighted by atomic mass is 16.5. The minimum atomic E-state index is 0.0556. The van der Waals surface area contributed by atoms with E-state index < -0.39 is 0 Å². The van der Waals surface area contributed by atoms with Crippen molar-refractivity contribution in [2.45, 2.75) is 140 Å². The average molecular weight is 585 g/mol. The summed E-state index contributed by atoms with van der Waals surface area (Å²) in [5.74, 6) is 0. The minimum absolute atomic E-state index is 0.0556. The first kappa shape index (κ1) is 33.1. The standard InChI is InChI=1S/C34H56N4O4/c35-22-8-1-2-9-23-39-24-10-6-16-30-18-12-20-32(41-30)26-38-27-33(36-37-38)34-21-13-19-31(42-34)17-7-11-25-40-28-29-14-4-3-5-15-29/h3-5,14-15,27,30-32,34H,1-2,6-13,16-26,28,35H2/t30-,31-,32-,34-/m0/s1. The fourth-order valence-corrected chi connectivity index (χ4v) is 6.14. The lowest BCUT2D eigenvalue weighted by molar-refractivity contribution is -0.0630. The smallest absolute Gasteiger partial charge is 0.111 e. The summed E-state index contributed by atoms with van der Waals surface area (Å²) in [4.78, 5) is 0. The van der Waals surface area contributed by atoms with Crippen molar-refractivity contribution in [3.8, 4) is 0 Å². The predicted octanol–water partition coefficient (Wildman–Crippen LogP) is 6.92. The lowest BCUT2D eigenvalue weighted by Crippen LogP contribution is -2.31. The number of nitrogens with two attached hydrogens (primary N) is 1. The molecule has 2 N–H and O–H groups in total. The Balaban J connectivity index is 1.06. The predicted molar refractivity (Wildman–Crippen MR) is 166 cm³/mol. The fourth-order valence-electron chi connectivity index (χ4n) is 6.14. The Hall–Kier alpha value is -1.84. The maximum Gasteiger partial charge on any atom is 0.111 e.